The van der Waals surface area contributed by atoms with Crippen LogP contribution in [0.3, 0.4) is 0 Å². The molecule has 0 aliphatic heterocycles. The van der Waals surface area contributed by atoms with Crippen molar-refractivity contribution in [3.05, 3.63) is 0 Å². The van der Waals surface area contributed by atoms with E-state index in [0.717, 1.165) is 0 Å². The predicted octanol–water partition coefficient (Wildman–Crippen LogP) is 1.14. The molecule has 0 unspecified atom stereocenters. The number of hydrogen-bond donors (Lipinski definition) is 2. The van der Waals surface area contributed by atoms with E-state index in [1.165, 1.54) is 13.8 Å². The fourth-order valence-corrected chi connectivity index (χ4v) is 0.787. The average molecular weight is 234 g/mol. The first-order valence-corrected chi connectivity index (χ1v) is 4.85. The minimum atomic E-state index is -1.27. The van der Waals surface area contributed by atoms with E-state index in [1.807, 2.05) is 13.8 Å². The van der Waals surface area contributed by atoms with Crippen molar-refractivity contribution in [3.63, 3.8) is 0 Å². The molecule has 0 aliphatic carbocycles. The van der Waals surface area contributed by atoms with Gasteiger partial charge in [-0.05, 0) is 20.3 Å². The molecule has 6 heteroatoms. The van der Waals surface area contributed by atoms with Crippen molar-refractivity contribution in [3.8, 4) is 0 Å². The van der Waals surface area contributed by atoms with Gasteiger partial charge in [0, 0.05) is 6.92 Å². The van der Waals surface area contributed by atoms with Crippen molar-refractivity contribution >= 4 is 17.9 Å². The molecule has 0 atom stereocenters. The lowest BCUT2D eigenvalue weighted by molar-refractivity contribution is -0.154. The van der Waals surface area contributed by atoms with E-state index in [-0.39, 0.29) is 18.5 Å². The van der Waals surface area contributed by atoms with Crippen molar-refractivity contribution in [1.82, 2.24) is 0 Å². The molecule has 0 aromatic heterocycles. The molecule has 0 aromatic carbocycles. The number of esters is 1. The molecule has 0 rings (SSSR count). The number of aliphatic carboxylic acids is 2. The summed E-state index contributed by atoms with van der Waals surface area (Å²) in [6.45, 7) is 6.57. The summed E-state index contributed by atoms with van der Waals surface area (Å²) in [5, 5.41) is 16.3. The lowest BCUT2D eigenvalue weighted by Crippen LogP contribution is -2.21. The maximum Gasteiger partial charge on any atom is 0.317 e. The average Bonchev–Trinajstić information content (AvgIpc) is 2.01. The van der Waals surface area contributed by atoms with Crippen LogP contribution in [0.4, 0.5) is 0 Å². The third-order valence-electron chi connectivity index (χ3n) is 1.41. The standard InChI is InChI=1S/C5H8O4.C5H10O2/c1-2-3(4(6)7)5(8)9;1-4(2)7-5(3)6/h3H,2H2,1H3,(H,6,7)(H,8,9);4H,1-3H3. The Balaban J connectivity index is 0. The van der Waals surface area contributed by atoms with Gasteiger partial charge in [-0.3, -0.25) is 14.4 Å². The Hall–Kier alpha value is -1.59. The molecule has 0 saturated heterocycles. The van der Waals surface area contributed by atoms with E-state index in [2.05, 4.69) is 4.74 Å². The number of ether oxygens (including phenoxy) is 1. The number of carbonyl (C=O) groups excluding carboxylic acids is 1. The largest absolute Gasteiger partial charge is 0.481 e. The third kappa shape index (κ3) is 10.5. The molecule has 0 aromatic rings. The van der Waals surface area contributed by atoms with Crippen LogP contribution in [0, 0.1) is 5.92 Å². The summed E-state index contributed by atoms with van der Waals surface area (Å²) >= 11 is 0. The van der Waals surface area contributed by atoms with E-state index < -0.39 is 17.9 Å². The van der Waals surface area contributed by atoms with Crippen molar-refractivity contribution in [2.24, 2.45) is 5.92 Å². The predicted molar refractivity (Wildman–Crippen MR) is 56.0 cm³/mol. The second-order valence-electron chi connectivity index (χ2n) is 3.30. The van der Waals surface area contributed by atoms with Gasteiger partial charge in [-0.15, -0.1) is 0 Å². The zero-order chi connectivity index (χ0) is 13.3. The SMILES string of the molecule is CC(=O)OC(C)C.CCC(C(=O)O)C(=O)O. The number of carboxylic acid groups (broad SMARTS) is 2. The summed E-state index contributed by atoms with van der Waals surface area (Å²) < 4.78 is 4.61. The fraction of sp³-hybridized carbons (Fsp3) is 0.700. The van der Waals surface area contributed by atoms with Crippen molar-refractivity contribution in [2.45, 2.75) is 40.2 Å². The van der Waals surface area contributed by atoms with Crippen LogP contribution in [0.1, 0.15) is 34.1 Å². The first-order valence-electron chi connectivity index (χ1n) is 4.85. The number of carboxylic acids is 2. The Morgan fingerprint density at radius 1 is 1.12 bits per heavy atom. The third-order valence-corrected chi connectivity index (χ3v) is 1.41. The summed E-state index contributed by atoms with van der Waals surface area (Å²) in [4.78, 5) is 30.0. The van der Waals surface area contributed by atoms with Gasteiger partial charge < -0.3 is 14.9 Å². The second kappa shape index (κ2) is 8.70. The van der Waals surface area contributed by atoms with E-state index in [0.29, 0.717) is 0 Å². The highest BCUT2D eigenvalue weighted by atomic mass is 16.5. The first kappa shape index (κ1) is 16.8. The van der Waals surface area contributed by atoms with Gasteiger partial charge in [-0.1, -0.05) is 6.92 Å². The normalized spacial score (nSPS) is 9.38. The number of carbonyl (C=O) groups is 3. The van der Waals surface area contributed by atoms with Gasteiger partial charge in [0.2, 0.25) is 0 Å². The molecule has 0 aliphatic rings. The van der Waals surface area contributed by atoms with Crippen LogP contribution >= 0.6 is 0 Å². The fourth-order valence-electron chi connectivity index (χ4n) is 0.787. The number of rotatable bonds is 4. The minimum absolute atomic E-state index is 0.0255. The minimum Gasteiger partial charge on any atom is -0.481 e. The summed E-state index contributed by atoms with van der Waals surface area (Å²) in [6.07, 6.45) is 0.155. The van der Waals surface area contributed by atoms with E-state index >= 15 is 0 Å². The maximum absolute atomic E-state index is 10.0. The monoisotopic (exact) mass is 234 g/mol. The smallest absolute Gasteiger partial charge is 0.317 e. The molecular weight excluding hydrogens is 216 g/mol. The summed E-state index contributed by atoms with van der Waals surface area (Å²) in [6, 6.07) is 0. The second-order valence-corrected chi connectivity index (χ2v) is 3.30. The van der Waals surface area contributed by atoms with Gasteiger partial charge in [0.25, 0.3) is 0 Å². The molecule has 2 N–H and O–H groups in total. The van der Waals surface area contributed by atoms with E-state index in [1.54, 1.807) is 0 Å². The Kier molecular flexibility index (Phi) is 9.15. The quantitative estimate of drug-likeness (QED) is 0.558. The Morgan fingerprint density at radius 3 is 1.50 bits per heavy atom. The summed E-state index contributed by atoms with van der Waals surface area (Å²) in [7, 11) is 0. The van der Waals surface area contributed by atoms with Gasteiger partial charge in [0.1, 0.15) is 0 Å². The van der Waals surface area contributed by atoms with Gasteiger partial charge in [-0.2, -0.15) is 0 Å². The topological polar surface area (TPSA) is 101 Å². The zero-order valence-electron chi connectivity index (χ0n) is 9.89. The van der Waals surface area contributed by atoms with Crippen LogP contribution in [0.15, 0.2) is 0 Å². The van der Waals surface area contributed by atoms with E-state index in [4.69, 9.17) is 10.2 Å². The van der Waals surface area contributed by atoms with Gasteiger partial charge >= 0.3 is 17.9 Å². The highest BCUT2D eigenvalue weighted by Gasteiger charge is 2.22. The molecule has 0 spiro atoms. The molecule has 16 heavy (non-hydrogen) atoms. The Labute approximate surface area is 94.2 Å². The van der Waals surface area contributed by atoms with Gasteiger partial charge in [-0.25, -0.2) is 0 Å². The summed E-state index contributed by atoms with van der Waals surface area (Å²) in [5.74, 6) is -4.00. The molecule has 94 valence electrons. The highest BCUT2D eigenvalue weighted by molar-refractivity contribution is 5.92. The maximum atomic E-state index is 10.0. The first-order chi connectivity index (χ1) is 7.22. The van der Waals surface area contributed by atoms with Crippen molar-refractivity contribution in [2.75, 3.05) is 0 Å². The summed E-state index contributed by atoms with van der Waals surface area (Å²) in [5.41, 5.74) is 0. The number of hydrogen-bond acceptors (Lipinski definition) is 4. The van der Waals surface area contributed by atoms with E-state index in [9.17, 15) is 14.4 Å². The molecule has 0 saturated carbocycles. The van der Waals surface area contributed by atoms with Crippen molar-refractivity contribution < 1.29 is 29.3 Å². The molecule has 0 bridgehead atoms. The van der Waals surface area contributed by atoms with Crippen LogP contribution in [0.25, 0.3) is 0 Å². The molecule has 0 amide bonds. The molecule has 0 heterocycles. The van der Waals surface area contributed by atoms with Crippen LogP contribution in [0.5, 0.6) is 0 Å². The molecule has 0 fully saturated rings. The molecular formula is C10H18O6. The zero-order valence-corrected chi connectivity index (χ0v) is 9.89. The van der Waals surface area contributed by atoms with Gasteiger partial charge in [0.15, 0.2) is 5.92 Å². The van der Waals surface area contributed by atoms with Gasteiger partial charge in [0.05, 0.1) is 6.10 Å². The molecule has 6 nitrogen and oxygen atoms in total. The Morgan fingerprint density at radius 2 is 1.50 bits per heavy atom. The van der Waals surface area contributed by atoms with Crippen LogP contribution < -0.4 is 0 Å². The molecule has 0 radical (unpaired) electrons. The van der Waals surface area contributed by atoms with Crippen molar-refractivity contribution in [1.29, 1.82) is 0 Å². The van der Waals surface area contributed by atoms with Crippen LogP contribution in [0.2, 0.25) is 0 Å². The lowest BCUT2D eigenvalue weighted by atomic mass is 10.1. The Bertz CT molecular complexity index is 232. The van der Waals surface area contributed by atoms with Crippen LogP contribution in [-0.2, 0) is 19.1 Å². The highest BCUT2D eigenvalue weighted by Crippen LogP contribution is 2.00. The lowest BCUT2D eigenvalue weighted by Gasteiger charge is -2.01. The van der Waals surface area contributed by atoms with Crippen LogP contribution in [-0.4, -0.2) is 34.2 Å².